The lowest BCUT2D eigenvalue weighted by Gasteiger charge is -2.28. The van der Waals surface area contributed by atoms with Crippen LogP contribution in [0, 0.1) is 5.92 Å². The van der Waals surface area contributed by atoms with E-state index in [4.69, 9.17) is 0 Å². The van der Waals surface area contributed by atoms with Crippen molar-refractivity contribution in [2.75, 3.05) is 7.11 Å². The third-order valence-corrected chi connectivity index (χ3v) is 3.57. The van der Waals surface area contributed by atoms with Crippen LogP contribution in [0.2, 0.25) is 0 Å². The maximum atomic E-state index is 13.1. The summed E-state index contributed by atoms with van der Waals surface area (Å²) in [5.41, 5.74) is 1.21. The summed E-state index contributed by atoms with van der Waals surface area (Å²) >= 11 is 0. The maximum absolute atomic E-state index is 13.1. The number of esters is 1. The van der Waals surface area contributed by atoms with Gasteiger partial charge in [0.05, 0.1) is 12.7 Å². The van der Waals surface area contributed by atoms with Gasteiger partial charge >= 0.3 is 5.97 Å². The molecule has 0 atom stereocenters. The SMILES string of the molecule is COC(=O)c1ccnc(CC2CCC(F)(F)CC2)c1. The van der Waals surface area contributed by atoms with Crippen molar-refractivity contribution < 1.29 is 18.3 Å². The lowest BCUT2D eigenvalue weighted by molar-refractivity contribution is -0.0457. The number of carbonyl (C=O) groups is 1. The van der Waals surface area contributed by atoms with Gasteiger partial charge in [-0.3, -0.25) is 4.98 Å². The molecule has 0 unspecified atom stereocenters. The van der Waals surface area contributed by atoms with E-state index < -0.39 is 11.9 Å². The highest BCUT2D eigenvalue weighted by atomic mass is 19.3. The summed E-state index contributed by atoms with van der Waals surface area (Å²) in [7, 11) is 1.33. The highest BCUT2D eigenvalue weighted by Gasteiger charge is 2.34. The molecule has 0 saturated heterocycles. The number of ether oxygens (including phenoxy) is 1. The van der Waals surface area contributed by atoms with Gasteiger partial charge in [0.2, 0.25) is 5.92 Å². The molecule has 19 heavy (non-hydrogen) atoms. The number of halogens is 2. The van der Waals surface area contributed by atoms with E-state index in [9.17, 15) is 13.6 Å². The summed E-state index contributed by atoms with van der Waals surface area (Å²) in [5, 5.41) is 0. The first-order chi connectivity index (χ1) is 9.00. The van der Waals surface area contributed by atoms with Crippen LogP contribution in [0.3, 0.4) is 0 Å². The minimum atomic E-state index is -2.50. The lowest BCUT2D eigenvalue weighted by Crippen LogP contribution is -2.25. The number of methoxy groups -OCH3 is 1. The van der Waals surface area contributed by atoms with Gasteiger partial charge in [-0.1, -0.05) is 0 Å². The van der Waals surface area contributed by atoms with Crippen LogP contribution < -0.4 is 0 Å². The van der Waals surface area contributed by atoms with Crippen LogP contribution in [-0.2, 0) is 11.2 Å². The number of hydrogen-bond donors (Lipinski definition) is 0. The first kappa shape index (κ1) is 13.9. The third-order valence-electron chi connectivity index (χ3n) is 3.57. The van der Waals surface area contributed by atoms with Crippen LogP contribution in [0.4, 0.5) is 8.78 Å². The summed E-state index contributed by atoms with van der Waals surface area (Å²) < 4.78 is 30.8. The molecular weight excluding hydrogens is 252 g/mol. The zero-order valence-corrected chi connectivity index (χ0v) is 10.9. The predicted molar refractivity (Wildman–Crippen MR) is 66.2 cm³/mol. The number of pyridine rings is 1. The van der Waals surface area contributed by atoms with E-state index in [1.165, 1.54) is 7.11 Å². The Bertz CT molecular complexity index is 453. The van der Waals surface area contributed by atoms with Crippen molar-refractivity contribution in [1.82, 2.24) is 4.98 Å². The van der Waals surface area contributed by atoms with Gasteiger partial charge < -0.3 is 4.74 Å². The maximum Gasteiger partial charge on any atom is 0.337 e. The molecule has 1 fully saturated rings. The van der Waals surface area contributed by atoms with Gasteiger partial charge in [-0.15, -0.1) is 0 Å². The van der Waals surface area contributed by atoms with Crippen molar-refractivity contribution in [3.63, 3.8) is 0 Å². The number of nitrogens with zero attached hydrogens (tertiary/aromatic N) is 1. The molecule has 0 spiro atoms. The second-order valence-corrected chi connectivity index (χ2v) is 5.03. The topological polar surface area (TPSA) is 39.2 Å². The molecule has 2 rings (SSSR count). The summed E-state index contributed by atoms with van der Waals surface area (Å²) in [6.07, 6.45) is 3.12. The van der Waals surface area contributed by atoms with Crippen LogP contribution >= 0.6 is 0 Å². The van der Waals surface area contributed by atoms with E-state index >= 15 is 0 Å². The second kappa shape index (κ2) is 5.63. The van der Waals surface area contributed by atoms with Crippen molar-refractivity contribution in [3.8, 4) is 0 Å². The first-order valence-electron chi connectivity index (χ1n) is 6.41. The molecule has 104 valence electrons. The zero-order chi connectivity index (χ0) is 13.9. The number of alkyl halides is 2. The first-order valence-corrected chi connectivity index (χ1v) is 6.41. The Hall–Kier alpha value is -1.52. The predicted octanol–water partition coefficient (Wildman–Crippen LogP) is 3.24. The smallest absolute Gasteiger partial charge is 0.337 e. The van der Waals surface area contributed by atoms with Crippen LogP contribution in [0.15, 0.2) is 18.3 Å². The molecular formula is C14H17F2NO2. The highest BCUT2D eigenvalue weighted by Crippen LogP contribution is 2.37. The molecule has 1 saturated carbocycles. The van der Waals surface area contributed by atoms with Crippen molar-refractivity contribution in [2.24, 2.45) is 5.92 Å². The number of aromatic nitrogens is 1. The van der Waals surface area contributed by atoms with E-state index in [2.05, 4.69) is 9.72 Å². The molecule has 1 aromatic heterocycles. The Balaban J connectivity index is 1.98. The fraction of sp³-hybridized carbons (Fsp3) is 0.571. The summed E-state index contributed by atoms with van der Waals surface area (Å²) in [6, 6.07) is 3.27. The summed E-state index contributed by atoms with van der Waals surface area (Å²) in [5.74, 6) is -2.68. The Morgan fingerprint density at radius 1 is 1.47 bits per heavy atom. The number of hydrogen-bond acceptors (Lipinski definition) is 3. The van der Waals surface area contributed by atoms with Gasteiger partial charge in [0.1, 0.15) is 0 Å². The van der Waals surface area contributed by atoms with Gasteiger partial charge in [0.15, 0.2) is 0 Å². The van der Waals surface area contributed by atoms with Gasteiger partial charge in [-0.25, -0.2) is 13.6 Å². The van der Waals surface area contributed by atoms with Gasteiger partial charge in [0.25, 0.3) is 0 Å². The molecule has 1 aliphatic carbocycles. The average molecular weight is 269 g/mol. The molecule has 0 aliphatic heterocycles. The molecule has 0 radical (unpaired) electrons. The van der Waals surface area contributed by atoms with E-state index in [0.29, 0.717) is 24.8 Å². The highest BCUT2D eigenvalue weighted by molar-refractivity contribution is 5.89. The average Bonchev–Trinajstić information content (AvgIpc) is 2.41. The van der Waals surface area contributed by atoms with Crippen LogP contribution in [-0.4, -0.2) is 24.0 Å². The molecule has 1 aromatic rings. The molecule has 3 nitrogen and oxygen atoms in total. The van der Waals surface area contributed by atoms with Gasteiger partial charge in [-0.05, 0) is 37.3 Å². The standard InChI is InChI=1S/C14H17F2NO2/c1-19-13(18)11-4-7-17-12(9-11)8-10-2-5-14(15,16)6-3-10/h4,7,9-10H,2-3,5-6,8H2,1H3. The molecule has 0 bridgehead atoms. The van der Waals surface area contributed by atoms with Gasteiger partial charge in [0, 0.05) is 24.7 Å². The van der Waals surface area contributed by atoms with E-state index in [1.54, 1.807) is 18.3 Å². The van der Waals surface area contributed by atoms with E-state index in [0.717, 1.165) is 5.69 Å². The Morgan fingerprint density at radius 3 is 2.79 bits per heavy atom. The van der Waals surface area contributed by atoms with Crippen LogP contribution in [0.5, 0.6) is 0 Å². The molecule has 1 aliphatic rings. The second-order valence-electron chi connectivity index (χ2n) is 5.03. The molecule has 0 N–H and O–H groups in total. The fourth-order valence-electron chi connectivity index (χ4n) is 2.43. The Morgan fingerprint density at radius 2 is 2.16 bits per heavy atom. The van der Waals surface area contributed by atoms with Crippen molar-refractivity contribution in [1.29, 1.82) is 0 Å². The van der Waals surface area contributed by atoms with E-state index in [1.807, 2.05) is 0 Å². The number of carbonyl (C=O) groups excluding carboxylic acids is 1. The van der Waals surface area contributed by atoms with Crippen LogP contribution in [0.1, 0.15) is 41.7 Å². The Kier molecular flexibility index (Phi) is 4.12. The zero-order valence-electron chi connectivity index (χ0n) is 10.9. The Labute approximate surface area is 111 Å². The molecule has 0 aromatic carbocycles. The molecule has 1 heterocycles. The summed E-state index contributed by atoms with van der Waals surface area (Å²) in [4.78, 5) is 15.6. The van der Waals surface area contributed by atoms with E-state index in [-0.39, 0.29) is 18.8 Å². The third kappa shape index (κ3) is 3.72. The van der Waals surface area contributed by atoms with Crippen molar-refractivity contribution in [2.45, 2.75) is 38.0 Å². The fourth-order valence-corrected chi connectivity index (χ4v) is 2.43. The monoisotopic (exact) mass is 269 g/mol. The normalized spacial score (nSPS) is 19.1. The molecule has 0 amide bonds. The minimum Gasteiger partial charge on any atom is -0.465 e. The minimum absolute atomic E-state index is 0.0473. The largest absolute Gasteiger partial charge is 0.465 e. The van der Waals surface area contributed by atoms with Crippen LogP contribution in [0.25, 0.3) is 0 Å². The van der Waals surface area contributed by atoms with Crippen molar-refractivity contribution >= 4 is 5.97 Å². The summed E-state index contributed by atoms with van der Waals surface area (Å²) in [6.45, 7) is 0. The quantitative estimate of drug-likeness (QED) is 0.791. The van der Waals surface area contributed by atoms with Crippen molar-refractivity contribution in [3.05, 3.63) is 29.6 Å². The molecule has 5 heteroatoms. The van der Waals surface area contributed by atoms with Gasteiger partial charge in [-0.2, -0.15) is 0 Å². The number of rotatable bonds is 3. The lowest BCUT2D eigenvalue weighted by atomic mass is 9.84.